The van der Waals surface area contributed by atoms with E-state index in [1.165, 1.54) is 30.4 Å². The van der Waals surface area contributed by atoms with Gasteiger partial charge in [-0.15, -0.1) is 0 Å². The van der Waals surface area contributed by atoms with E-state index in [0.29, 0.717) is 0 Å². The first-order valence-electron chi connectivity index (χ1n) is 10.3. The van der Waals surface area contributed by atoms with Gasteiger partial charge in [0.1, 0.15) is 0 Å². The summed E-state index contributed by atoms with van der Waals surface area (Å²) < 4.78 is 5.56. The van der Waals surface area contributed by atoms with E-state index in [0.717, 1.165) is 50.0 Å². The number of amides is 3. The molecule has 0 aromatic heterocycles. The Kier molecular flexibility index (Phi) is 3.87. The van der Waals surface area contributed by atoms with Crippen molar-refractivity contribution < 1.29 is 14.3 Å². The number of ether oxygens (including phenoxy) is 1. The lowest BCUT2D eigenvalue weighted by Gasteiger charge is -2.46. The number of carbonyl (C=O) groups is 2. The van der Waals surface area contributed by atoms with Crippen LogP contribution in [0.3, 0.4) is 0 Å². The topological polar surface area (TPSA) is 67.4 Å². The highest BCUT2D eigenvalue weighted by Gasteiger charge is 2.66. The van der Waals surface area contributed by atoms with Crippen LogP contribution in [-0.4, -0.2) is 25.2 Å². The van der Waals surface area contributed by atoms with Crippen LogP contribution in [0.25, 0.3) is 0 Å². The van der Waals surface area contributed by atoms with Crippen molar-refractivity contribution in [2.45, 2.75) is 69.4 Å². The average molecular weight is 368 g/mol. The molecule has 1 aromatic carbocycles. The van der Waals surface area contributed by atoms with Gasteiger partial charge in [-0.05, 0) is 67.6 Å². The van der Waals surface area contributed by atoms with Crippen molar-refractivity contribution >= 4 is 11.9 Å². The smallest absolute Gasteiger partial charge is 0.322 e. The van der Waals surface area contributed by atoms with Crippen LogP contribution in [0.4, 0.5) is 4.79 Å². The lowest BCUT2D eigenvalue weighted by atomic mass is 9.61. The number of methoxy groups -OCH3 is 1. The lowest BCUT2D eigenvalue weighted by Crippen LogP contribution is -2.56. The molecule has 144 valence electrons. The molecule has 1 saturated heterocycles. The highest BCUT2D eigenvalue weighted by Crippen LogP contribution is 2.59. The summed E-state index contributed by atoms with van der Waals surface area (Å²) in [5.74, 6) is 0.721. The van der Waals surface area contributed by atoms with Gasteiger partial charge in [-0.3, -0.25) is 10.1 Å². The van der Waals surface area contributed by atoms with Gasteiger partial charge in [0.15, 0.2) is 5.54 Å². The summed E-state index contributed by atoms with van der Waals surface area (Å²) in [4.78, 5) is 25.4. The highest BCUT2D eigenvalue weighted by atomic mass is 16.5. The molecule has 3 aliphatic carbocycles. The van der Waals surface area contributed by atoms with Crippen molar-refractivity contribution in [3.05, 3.63) is 34.9 Å². The predicted molar refractivity (Wildman–Crippen MR) is 101 cm³/mol. The van der Waals surface area contributed by atoms with E-state index in [4.69, 9.17) is 4.74 Å². The monoisotopic (exact) mass is 368 g/mol. The molecule has 5 nitrogen and oxygen atoms in total. The minimum Gasteiger partial charge on any atom is -0.381 e. The number of imide groups is 1. The van der Waals surface area contributed by atoms with E-state index >= 15 is 0 Å². The van der Waals surface area contributed by atoms with Gasteiger partial charge in [-0.2, -0.15) is 0 Å². The molecule has 1 aromatic rings. The lowest BCUT2D eigenvalue weighted by molar-refractivity contribution is -0.131. The molecule has 27 heavy (non-hydrogen) atoms. The van der Waals surface area contributed by atoms with Gasteiger partial charge in [0.05, 0.1) is 6.10 Å². The first kappa shape index (κ1) is 17.2. The molecule has 2 spiro atoms. The number of fused-ring (bicyclic) bond motifs is 3. The molecule has 0 radical (unpaired) electrons. The molecule has 1 atom stereocenters. The number of benzene rings is 1. The molecule has 3 amide bonds. The van der Waals surface area contributed by atoms with Crippen LogP contribution in [0.1, 0.15) is 61.6 Å². The van der Waals surface area contributed by atoms with E-state index in [9.17, 15) is 9.59 Å². The zero-order valence-electron chi connectivity index (χ0n) is 16.0. The van der Waals surface area contributed by atoms with E-state index < -0.39 is 5.54 Å². The Balaban J connectivity index is 1.54. The summed E-state index contributed by atoms with van der Waals surface area (Å²) in [5.41, 5.74) is 2.40. The molecular formula is C22H28N2O3. The second kappa shape index (κ2) is 6.06. The Morgan fingerprint density at radius 3 is 2.56 bits per heavy atom. The minimum absolute atomic E-state index is 0.165. The normalized spacial score (nSPS) is 34.8. The van der Waals surface area contributed by atoms with Crippen LogP contribution in [0.2, 0.25) is 0 Å². The number of hydrogen-bond donors (Lipinski definition) is 2. The molecule has 5 heteroatoms. The first-order chi connectivity index (χ1) is 13.1. The summed E-state index contributed by atoms with van der Waals surface area (Å²) in [6.07, 6.45) is 9.77. The standard InChI is InChI=1S/C22H28N2O3/c1-27-17-8-10-21(11-9-17)13-16-7-6-15(5-4-14-2-3-14)12-18(16)22(21)19(25)23-20(26)24-22/h6-7,12,14,17H,2-5,8-11,13H2,1H3,(H2,23,24,25,26). The zero-order valence-corrected chi connectivity index (χ0v) is 16.0. The summed E-state index contributed by atoms with van der Waals surface area (Å²) in [6.45, 7) is 0. The highest BCUT2D eigenvalue weighted by molar-refractivity contribution is 6.08. The molecule has 2 N–H and O–H groups in total. The number of urea groups is 1. The van der Waals surface area contributed by atoms with Gasteiger partial charge in [-0.25, -0.2) is 4.79 Å². The summed E-state index contributed by atoms with van der Waals surface area (Å²) in [6, 6.07) is 6.28. The largest absolute Gasteiger partial charge is 0.381 e. The maximum Gasteiger partial charge on any atom is 0.322 e. The summed E-state index contributed by atoms with van der Waals surface area (Å²) in [5, 5.41) is 5.64. The summed E-state index contributed by atoms with van der Waals surface area (Å²) >= 11 is 0. The fourth-order valence-corrected chi connectivity index (χ4v) is 5.79. The second-order valence-electron chi connectivity index (χ2n) is 9.02. The van der Waals surface area contributed by atoms with Crippen molar-refractivity contribution in [2.75, 3.05) is 7.11 Å². The molecule has 2 saturated carbocycles. The van der Waals surface area contributed by atoms with Gasteiger partial charge in [0.2, 0.25) is 0 Å². The van der Waals surface area contributed by atoms with Gasteiger partial charge in [0.25, 0.3) is 5.91 Å². The zero-order chi connectivity index (χ0) is 18.6. The molecule has 5 rings (SSSR count). The average Bonchev–Trinajstić information content (AvgIpc) is 3.40. The number of carbonyl (C=O) groups excluding carboxylic acids is 2. The van der Waals surface area contributed by atoms with Crippen molar-refractivity contribution in [2.24, 2.45) is 11.3 Å². The minimum atomic E-state index is -0.909. The van der Waals surface area contributed by atoms with Gasteiger partial charge < -0.3 is 10.1 Å². The molecule has 4 aliphatic rings. The van der Waals surface area contributed by atoms with Crippen molar-refractivity contribution in [3.8, 4) is 0 Å². The van der Waals surface area contributed by atoms with E-state index in [1.807, 2.05) is 0 Å². The SMILES string of the molecule is COC1CCC2(CC1)Cc1ccc(CCC3CC3)cc1C21NC(=O)NC1=O. The Labute approximate surface area is 160 Å². The number of aryl methyl sites for hydroxylation is 1. The van der Waals surface area contributed by atoms with Gasteiger partial charge >= 0.3 is 6.03 Å². The maximum atomic E-state index is 13.2. The van der Waals surface area contributed by atoms with Crippen LogP contribution in [0, 0.1) is 11.3 Å². The number of rotatable bonds is 4. The third-order valence-electron chi connectivity index (χ3n) is 7.53. The van der Waals surface area contributed by atoms with E-state index in [2.05, 4.69) is 28.8 Å². The third kappa shape index (κ3) is 2.54. The van der Waals surface area contributed by atoms with E-state index in [1.54, 1.807) is 7.11 Å². The fourth-order valence-electron chi connectivity index (χ4n) is 5.79. The molecule has 1 heterocycles. The van der Waals surface area contributed by atoms with E-state index in [-0.39, 0.29) is 23.5 Å². The molecule has 1 aliphatic heterocycles. The molecule has 1 unspecified atom stereocenters. The molecular weight excluding hydrogens is 340 g/mol. The van der Waals surface area contributed by atoms with Crippen LogP contribution in [0.5, 0.6) is 0 Å². The predicted octanol–water partition coefficient (Wildman–Crippen LogP) is 3.20. The molecule has 3 fully saturated rings. The van der Waals surface area contributed by atoms with Crippen LogP contribution >= 0.6 is 0 Å². The summed E-state index contributed by atoms with van der Waals surface area (Å²) in [7, 11) is 1.76. The first-order valence-corrected chi connectivity index (χ1v) is 10.3. The number of nitrogens with one attached hydrogen (secondary N) is 2. The second-order valence-corrected chi connectivity index (χ2v) is 9.02. The van der Waals surface area contributed by atoms with Crippen LogP contribution < -0.4 is 10.6 Å². The van der Waals surface area contributed by atoms with Gasteiger partial charge in [0, 0.05) is 12.5 Å². The Morgan fingerprint density at radius 1 is 1.15 bits per heavy atom. The number of hydrogen-bond acceptors (Lipinski definition) is 3. The maximum absolute atomic E-state index is 13.2. The van der Waals surface area contributed by atoms with Crippen molar-refractivity contribution in [1.29, 1.82) is 0 Å². The van der Waals surface area contributed by atoms with Crippen LogP contribution in [-0.2, 0) is 27.9 Å². The molecule has 0 bridgehead atoms. The van der Waals surface area contributed by atoms with Crippen molar-refractivity contribution in [1.82, 2.24) is 10.6 Å². The Bertz CT molecular complexity index is 793. The van der Waals surface area contributed by atoms with Crippen LogP contribution in [0.15, 0.2) is 18.2 Å². The van der Waals surface area contributed by atoms with Gasteiger partial charge in [-0.1, -0.05) is 31.0 Å². The fraction of sp³-hybridized carbons (Fsp3) is 0.636. The Hall–Kier alpha value is -1.88. The quantitative estimate of drug-likeness (QED) is 0.802. The Morgan fingerprint density at radius 2 is 1.93 bits per heavy atom. The van der Waals surface area contributed by atoms with Crippen molar-refractivity contribution in [3.63, 3.8) is 0 Å². The third-order valence-corrected chi connectivity index (χ3v) is 7.53.